The molecule has 16 heavy (non-hydrogen) atoms. The summed E-state index contributed by atoms with van der Waals surface area (Å²) < 4.78 is 0. The van der Waals surface area contributed by atoms with Gasteiger partial charge in [0.05, 0.1) is 0 Å². The van der Waals surface area contributed by atoms with Gasteiger partial charge in [-0.2, -0.15) is 0 Å². The van der Waals surface area contributed by atoms with Crippen molar-refractivity contribution >= 4 is 17.3 Å². The van der Waals surface area contributed by atoms with E-state index >= 15 is 0 Å². The lowest BCUT2D eigenvalue weighted by molar-refractivity contribution is 0.248. The first-order valence-electron chi connectivity index (χ1n) is 6.38. The van der Waals surface area contributed by atoms with Crippen LogP contribution in [0, 0.1) is 0 Å². The van der Waals surface area contributed by atoms with Crippen molar-refractivity contribution in [3.8, 4) is 0 Å². The molecule has 0 radical (unpaired) electrons. The number of nitrogens with one attached hydrogen (secondary N) is 2. The predicted octanol–water partition coefficient (Wildman–Crippen LogP) is 1.73. The summed E-state index contributed by atoms with van der Waals surface area (Å²) in [6.45, 7) is 6.35. The molecule has 3 nitrogen and oxygen atoms in total. The summed E-state index contributed by atoms with van der Waals surface area (Å²) in [4.78, 5) is 2.45. The molecule has 2 N–H and O–H groups in total. The lowest BCUT2D eigenvalue weighted by Crippen LogP contribution is -2.44. The minimum Gasteiger partial charge on any atom is -0.363 e. The van der Waals surface area contributed by atoms with Gasteiger partial charge in [0.15, 0.2) is 5.11 Å². The van der Waals surface area contributed by atoms with Crippen LogP contribution in [0.5, 0.6) is 0 Å². The van der Waals surface area contributed by atoms with Crippen molar-refractivity contribution in [1.29, 1.82) is 0 Å². The fraction of sp³-hybridized carbons (Fsp3) is 0.917. The predicted molar refractivity (Wildman–Crippen MR) is 73.8 cm³/mol. The van der Waals surface area contributed by atoms with Gasteiger partial charge in [0.1, 0.15) is 0 Å². The first-order valence-corrected chi connectivity index (χ1v) is 6.79. The van der Waals surface area contributed by atoms with Crippen molar-refractivity contribution in [3.63, 3.8) is 0 Å². The second-order valence-electron chi connectivity index (χ2n) is 4.74. The summed E-state index contributed by atoms with van der Waals surface area (Å²) in [6.07, 6.45) is 5.11. The Kier molecular flexibility index (Phi) is 6.06. The lowest BCUT2D eigenvalue weighted by Gasteiger charge is -2.25. The molecule has 0 aromatic carbocycles. The molecule has 1 unspecified atom stereocenters. The molecule has 1 atom stereocenters. The van der Waals surface area contributed by atoms with Crippen LogP contribution >= 0.6 is 12.2 Å². The maximum absolute atomic E-state index is 5.21. The van der Waals surface area contributed by atoms with Crippen LogP contribution in [0.3, 0.4) is 0 Å². The van der Waals surface area contributed by atoms with E-state index in [0.29, 0.717) is 6.04 Å². The van der Waals surface area contributed by atoms with Crippen LogP contribution in [0.4, 0.5) is 0 Å². The molecule has 0 bridgehead atoms. The molecule has 1 aliphatic carbocycles. The molecule has 1 aliphatic rings. The molecule has 1 saturated carbocycles. The van der Waals surface area contributed by atoms with Gasteiger partial charge in [0.25, 0.3) is 0 Å². The Balaban J connectivity index is 2.05. The zero-order valence-electron chi connectivity index (χ0n) is 10.8. The van der Waals surface area contributed by atoms with E-state index in [2.05, 4.69) is 36.4 Å². The van der Waals surface area contributed by atoms with Crippen molar-refractivity contribution in [2.45, 2.75) is 51.6 Å². The molecule has 0 spiro atoms. The minimum atomic E-state index is 0.554. The number of nitrogens with zero attached hydrogens (tertiary/aromatic N) is 1. The van der Waals surface area contributed by atoms with Crippen LogP contribution in [-0.2, 0) is 0 Å². The third kappa shape index (κ3) is 5.12. The van der Waals surface area contributed by atoms with E-state index < -0.39 is 0 Å². The monoisotopic (exact) mass is 243 g/mol. The Morgan fingerprint density at radius 2 is 2.12 bits per heavy atom. The fourth-order valence-corrected chi connectivity index (χ4v) is 1.85. The summed E-state index contributed by atoms with van der Waals surface area (Å²) in [6, 6.07) is 1.37. The van der Waals surface area contributed by atoms with E-state index in [1.807, 2.05) is 0 Å². The van der Waals surface area contributed by atoms with Gasteiger partial charge in [0, 0.05) is 25.2 Å². The third-order valence-corrected chi connectivity index (χ3v) is 3.48. The molecule has 4 heteroatoms. The highest BCUT2D eigenvalue weighted by molar-refractivity contribution is 7.80. The quantitative estimate of drug-likeness (QED) is 0.526. The fourth-order valence-electron chi connectivity index (χ4n) is 1.67. The lowest BCUT2D eigenvalue weighted by atomic mass is 10.3. The van der Waals surface area contributed by atoms with Crippen LogP contribution in [0.2, 0.25) is 0 Å². The SMILES string of the molecule is CCCCNC(=S)NCC(C)N(C)C1CC1. The van der Waals surface area contributed by atoms with E-state index in [0.717, 1.165) is 24.2 Å². The first-order chi connectivity index (χ1) is 7.65. The van der Waals surface area contributed by atoms with Crippen molar-refractivity contribution in [2.24, 2.45) is 0 Å². The third-order valence-electron chi connectivity index (χ3n) is 3.19. The van der Waals surface area contributed by atoms with Gasteiger partial charge in [-0.15, -0.1) is 0 Å². The Hall–Kier alpha value is -0.350. The smallest absolute Gasteiger partial charge is 0.166 e. The van der Waals surface area contributed by atoms with Gasteiger partial charge in [-0.1, -0.05) is 13.3 Å². The molecule has 1 fully saturated rings. The van der Waals surface area contributed by atoms with Crippen LogP contribution < -0.4 is 10.6 Å². The number of rotatable bonds is 7. The van der Waals surface area contributed by atoms with E-state index in [1.54, 1.807) is 0 Å². The van der Waals surface area contributed by atoms with Gasteiger partial charge in [-0.25, -0.2) is 0 Å². The second-order valence-corrected chi connectivity index (χ2v) is 5.14. The molecule has 94 valence electrons. The number of likely N-dealkylation sites (N-methyl/N-ethyl adjacent to an activating group) is 1. The second kappa shape index (κ2) is 7.07. The van der Waals surface area contributed by atoms with Gasteiger partial charge in [0.2, 0.25) is 0 Å². The largest absolute Gasteiger partial charge is 0.363 e. The number of hydrogen-bond donors (Lipinski definition) is 2. The summed E-state index contributed by atoms with van der Waals surface area (Å²) in [5, 5.41) is 7.30. The average Bonchev–Trinajstić information content (AvgIpc) is 3.09. The topological polar surface area (TPSA) is 27.3 Å². The Morgan fingerprint density at radius 3 is 2.69 bits per heavy atom. The summed E-state index contributed by atoms with van der Waals surface area (Å²) >= 11 is 5.21. The van der Waals surface area contributed by atoms with Crippen LogP contribution in [0.15, 0.2) is 0 Å². The minimum absolute atomic E-state index is 0.554. The van der Waals surface area contributed by atoms with Crippen molar-refractivity contribution in [1.82, 2.24) is 15.5 Å². The number of thiocarbonyl (C=S) groups is 1. The Bertz CT molecular complexity index is 216. The first kappa shape index (κ1) is 13.7. The van der Waals surface area contributed by atoms with Crippen LogP contribution in [0.25, 0.3) is 0 Å². The molecule has 0 aromatic heterocycles. The molecular formula is C12H25N3S. The highest BCUT2D eigenvalue weighted by Gasteiger charge is 2.28. The average molecular weight is 243 g/mol. The number of hydrogen-bond acceptors (Lipinski definition) is 2. The van der Waals surface area contributed by atoms with Crippen LogP contribution in [-0.4, -0.2) is 42.2 Å². The molecule has 0 heterocycles. The maximum atomic E-state index is 5.21. The summed E-state index contributed by atoms with van der Waals surface area (Å²) in [5.74, 6) is 0. The molecular weight excluding hydrogens is 218 g/mol. The van der Waals surface area contributed by atoms with E-state index in [9.17, 15) is 0 Å². The Labute approximate surface area is 105 Å². The van der Waals surface area contributed by atoms with E-state index in [-0.39, 0.29) is 0 Å². The van der Waals surface area contributed by atoms with Gasteiger partial charge in [-0.3, -0.25) is 4.90 Å². The van der Waals surface area contributed by atoms with Crippen molar-refractivity contribution in [2.75, 3.05) is 20.1 Å². The van der Waals surface area contributed by atoms with Crippen molar-refractivity contribution in [3.05, 3.63) is 0 Å². The highest BCUT2D eigenvalue weighted by Crippen LogP contribution is 2.26. The van der Waals surface area contributed by atoms with Crippen molar-refractivity contribution < 1.29 is 0 Å². The van der Waals surface area contributed by atoms with E-state index in [1.165, 1.54) is 25.7 Å². The number of unbranched alkanes of at least 4 members (excludes halogenated alkanes) is 1. The zero-order valence-corrected chi connectivity index (χ0v) is 11.6. The van der Waals surface area contributed by atoms with E-state index in [4.69, 9.17) is 12.2 Å². The molecule has 0 aromatic rings. The highest BCUT2D eigenvalue weighted by atomic mass is 32.1. The maximum Gasteiger partial charge on any atom is 0.166 e. The Morgan fingerprint density at radius 1 is 1.44 bits per heavy atom. The normalized spacial score (nSPS) is 17.2. The molecule has 1 rings (SSSR count). The molecule has 0 aliphatic heterocycles. The summed E-state index contributed by atoms with van der Waals surface area (Å²) in [5.41, 5.74) is 0. The van der Waals surface area contributed by atoms with Gasteiger partial charge in [-0.05, 0) is 45.5 Å². The molecule has 0 saturated heterocycles. The standard InChI is InChI=1S/C12H25N3S/c1-4-5-8-13-12(16)14-9-10(2)15(3)11-6-7-11/h10-11H,4-9H2,1-3H3,(H2,13,14,16). The molecule has 0 amide bonds. The van der Waals surface area contributed by atoms with Crippen LogP contribution in [0.1, 0.15) is 39.5 Å². The van der Waals surface area contributed by atoms with Gasteiger partial charge < -0.3 is 10.6 Å². The summed E-state index contributed by atoms with van der Waals surface area (Å²) in [7, 11) is 2.21. The van der Waals surface area contributed by atoms with Gasteiger partial charge >= 0.3 is 0 Å². The zero-order chi connectivity index (χ0) is 12.0.